The van der Waals surface area contributed by atoms with Gasteiger partial charge in [-0.25, -0.2) is 0 Å². The summed E-state index contributed by atoms with van der Waals surface area (Å²) in [5.74, 6) is 0. The monoisotopic (exact) mass is 289 g/mol. The SMILES string of the molecule is CC(C)N(CP(=O)([O-])[O-])CP(=O)([O-])[O-].[Na+].[Na+]. The van der Waals surface area contributed by atoms with E-state index in [-0.39, 0.29) is 59.1 Å². The van der Waals surface area contributed by atoms with Crippen LogP contribution in [0.4, 0.5) is 0 Å². The van der Waals surface area contributed by atoms with E-state index >= 15 is 0 Å². The molecule has 0 aromatic carbocycles. The molecule has 0 saturated carbocycles. The summed E-state index contributed by atoms with van der Waals surface area (Å²) in [6.07, 6.45) is -1.89. The zero-order chi connectivity index (χ0) is 11.6. The van der Waals surface area contributed by atoms with E-state index in [9.17, 15) is 28.7 Å². The first-order valence-corrected chi connectivity index (χ1v) is 7.23. The van der Waals surface area contributed by atoms with Crippen LogP contribution in [0.3, 0.4) is 0 Å². The molecule has 0 unspecified atom stereocenters. The van der Waals surface area contributed by atoms with Crippen molar-refractivity contribution in [3.63, 3.8) is 0 Å². The zero-order valence-corrected chi connectivity index (χ0v) is 15.6. The van der Waals surface area contributed by atoms with Crippen LogP contribution in [-0.2, 0) is 9.13 Å². The molecule has 0 aliphatic carbocycles. The molecular weight excluding hydrogens is 278 g/mol. The van der Waals surface area contributed by atoms with Gasteiger partial charge in [-0.2, -0.15) is 0 Å². The Bertz CT molecular complexity index is 252. The van der Waals surface area contributed by atoms with Crippen LogP contribution >= 0.6 is 15.2 Å². The Morgan fingerprint density at radius 1 is 0.938 bits per heavy atom. The molecule has 11 heteroatoms. The van der Waals surface area contributed by atoms with E-state index in [2.05, 4.69) is 0 Å². The molecule has 0 rings (SSSR count). The molecule has 0 heterocycles. The molecule has 0 atom stereocenters. The molecule has 0 N–H and O–H groups in total. The van der Waals surface area contributed by atoms with E-state index in [4.69, 9.17) is 0 Å². The predicted molar refractivity (Wildman–Crippen MR) is 41.9 cm³/mol. The molecule has 0 fully saturated rings. The molecule has 0 aromatic rings. The third-order valence-corrected chi connectivity index (χ3v) is 2.86. The molecule has 16 heavy (non-hydrogen) atoms. The first-order chi connectivity index (χ1) is 6.01. The third-order valence-electron chi connectivity index (χ3n) is 1.44. The van der Waals surface area contributed by atoms with Crippen molar-refractivity contribution in [3.8, 4) is 0 Å². The first-order valence-electron chi connectivity index (χ1n) is 3.77. The number of hydrogen-bond acceptors (Lipinski definition) is 7. The van der Waals surface area contributed by atoms with Crippen molar-refractivity contribution in [2.45, 2.75) is 19.9 Å². The molecule has 86 valence electrons. The van der Waals surface area contributed by atoms with E-state index in [1.54, 1.807) is 0 Å². The van der Waals surface area contributed by atoms with Crippen LogP contribution in [0, 0.1) is 0 Å². The van der Waals surface area contributed by atoms with Gasteiger partial charge in [0.15, 0.2) is 0 Å². The van der Waals surface area contributed by atoms with E-state index in [1.807, 2.05) is 0 Å². The van der Waals surface area contributed by atoms with Crippen molar-refractivity contribution in [2.24, 2.45) is 0 Å². The van der Waals surface area contributed by atoms with Crippen molar-refractivity contribution in [3.05, 3.63) is 0 Å². The van der Waals surface area contributed by atoms with Gasteiger partial charge >= 0.3 is 59.1 Å². The number of hydrogen-bond donors (Lipinski definition) is 0. The van der Waals surface area contributed by atoms with Crippen LogP contribution in [-0.4, -0.2) is 23.5 Å². The van der Waals surface area contributed by atoms with Gasteiger partial charge in [0.1, 0.15) is 0 Å². The van der Waals surface area contributed by atoms with Gasteiger partial charge in [0.05, 0.1) is 0 Å². The summed E-state index contributed by atoms with van der Waals surface area (Å²) in [6.45, 7) is 2.98. The van der Waals surface area contributed by atoms with Crippen LogP contribution in [0.15, 0.2) is 0 Å². The number of nitrogens with zero attached hydrogens (tertiary/aromatic N) is 1. The van der Waals surface area contributed by atoms with Gasteiger partial charge < -0.3 is 28.7 Å². The predicted octanol–water partition coefficient (Wildman–Crippen LogP) is -8.55. The summed E-state index contributed by atoms with van der Waals surface area (Å²) < 4.78 is 20.7. The van der Waals surface area contributed by atoms with Crippen LogP contribution in [0.25, 0.3) is 0 Å². The molecule has 0 aliphatic heterocycles. The summed E-state index contributed by atoms with van der Waals surface area (Å²) in [7, 11) is -9.67. The Morgan fingerprint density at radius 3 is 1.31 bits per heavy atom. The Kier molecular flexibility index (Phi) is 13.4. The van der Waals surface area contributed by atoms with Gasteiger partial charge in [-0.15, -0.1) is 0 Å². The maximum atomic E-state index is 10.4. The molecule has 0 amide bonds. The molecule has 0 aliphatic rings. The van der Waals surface area contributed by atoms with E-state index in [0.29, 0.717) is 0 Å². The first kappa shape index (κ1) is 23.4. The van der Waals surface area contributed by atoms with Gasteiger partial charge in [0.25, 0.3) is 0 Å². The normalized spacial score (nSPS) is 12.2. The summed E-state index contributed by atoms with van der Waals surface area (Å²) in [5, 5.41) is 0. The maximum absolute atomic E-state index is 10.4. The Balaban J connectivity index is -0.000000845. The summed E-state index contributed by atoms with van der Waals surface area (Å²) in [6, 6.07) is -0.498. The van der Waals surface area contributed by atoms with Gasteiger partial charge in [0.2, 0.25) is 0 Å². The maximum Gasteiger partial charge on any atom is 1.00 e. The molecule has 0 bridgehead atoms. The molecular formula is C5H11NNa2O6P2-2. The smallest absolute Gasteiger partial charge is 0.810 e. The van der Waals surface area contributed by atoms with Crippen LogP contribution in [0.1, 0.15) is 13.8 Å². The van der Waals surface area contributed by atoms with Crippen molar-refractivity contribution < 1.29 is 87.8 Å². The fraction of sp³-hybridized carbons (Fsp3) is 1.00. The second-order valence-electron chi connectivity index (χ2n) is 3.19. The van der Waals surface area contributed by atoms with Crippen molar-refractivity contribution in [1.82, 2.24) is 4.90 Å². The Labute approximate surface area is 139 Å². The van der Waals surface area contributed by atoms with Crippen LogP contribution in [0.5, 0.6) is 0 Å². The Morgan fingerprint density at radius 2 is 1.19 bits per heavy atom. The average Bonchev–Trinajstić information content (AvgIpc) is 1.78. The van der Waals surface area contributed by atoms with Gasteiger partial charge in [-0.1, -0.05) is 15.2 Å². The van der Waals surface area contributed by atoms with E-state index < -0.39 is 33.8 Å². The van der Waals surface area contributed by atoms with Gasteiger partial charge in [-0.05, 0) is 13.8 Å². The van der Waals surface area contributed by atoms with Crippen molar-refractivity contribution in [2.75, 3.05) is 12.6 Å². The zero-order valence-electron chi connectivity index (χ0n) is 9.78. The summed E-state index contributed by atoms with van der Waals surface area (Å²) >= 11 is 0. The molecule has 0 radical (unpaired) electrons. The topological polar surface area (TPSA) is 130 Å². The van der Waals surface area contributed by atoms with Crippen LogP contribution < -0.4 is 78.7 Å². The Hall–Kier alpha value is 2.26. The van der Waals surface area contributed by atoms with Gasteiger partial charge in [0, 0.05) is 18.6 Å². The minimum Gasteiger partial charge on any atom is -0.810 e. The quantitative estimate of drug-likeness (QED) is 0.363. The van der Waals surface area contributed by atoms with Gasteiger partial charge in [-0.3, -0.25) is 4.90 Å². The second kappa shape index (κ2) is 9.21. The van der Waals surface area contributed by atoms with E-state index in [1.165, 1.54) is 13.8 Å². The van der Waals surface area contributed by atoms with Crippen molar-refractivity contribution >= 4 is 15.2 Å². The van der Waals surface area contributed by atoms with Crippen LogP contribution in [0.2, 0.25) is 0 Å². The molecule has 7 nitrogen and oxygen atoms in total. The molecule has 0 saturated heterocycles. The summed E-state index contributed by atoms with van der Waals surface area (Å²) in [5.41, 5.74) is 0. The minimum absolute atomic E-state index is 0. The summed E-state index contributed by atoms with van der Waals surface area (Å²) in [4.78, 5) is 42.3. The second-order valence-corrected chi connectivity index (χ2v) is 6.20. The minimum atomic E-state index is -4.83. The molecule has 0 spiro atoms. The van der Waals surface area contributed by atoms with E-state index in [0.717, 1.165) is 4.90 Å². The third kappa shape index (κ3) is 14.3. The fourth-order valence-corrected chi connectivity index (χ4v) is 2.72. The molecule has 0 aromatic heterocycles. The standard InChI is InChI=1S/C5H15NO6P2.2Na/c1-5(2)6(3-13(7,8)9)4-14(10,11)12;;/h5H,3-4H2,1-2H3,(H2,7,8,9)(H2,10,11,12);;/q;2*+1/p-4. The average molecular weight is 289 g/mol. The van der Waals surface area contributed by atoms with Crippen molar-refractivity contribution in [1.29, 1.82) is 0 Å². The largest absolute Gasteiger partial charge is 1.00 e. The number of rotatable bonds is 5. The fourth-order valence-electron chi connectivity index (χ4n) is 0.816.